The first-order valence-electron chi connectivity index (χ1n) is 12.7. The van der Waals surface area contributed by atoms with Gasteiger partial charge in [-0.25, -0.2) is 0 Å². The molecule has 0 bridgehead atoms. The van der Waals surface area contributed by atoms with Crippen LogP contribution in [0.2, 0.25) is 0 Å². The number of nitrogens with zero attached hydrogens (tertiary/aromatic N) is 3. The van der Waals surface area contributed by atoms with E-state index in [1.807, 2.05) is 0 Å². The summed E-state index contributed by atoms with van der Waals surface area (Å²) in [6, 6.07) is 10.8. The van der Waals surface area contributed by atoms with Gasteiger partial charge < -0.3 is 10.4 Å². The number of carboxylic acid groups (broad SMARTS) is 1. The topological polar surface area (TPSA) is 76.1 Å². The van der Waals surface area contributed by atoms with E-state index in [1.165, 1.54) is 31.7 Å². The van der Waals surface area contributed by atoms with Crippen LogP contribution in [0.15, 0.2) is 30.3 Å². The van der Waals surface area contributed by atoms with E-state index in [-0.39, 0.29) is 48.5 Å². The summed E-state index contributed by atoms with van der Waals surface area (Å²) in [6.07, 6.45) is 6.50. The molecule has 0 amide bonds. The second kappa shape index (κ2) is 15.5. The van der Waals surface area contributed by atoms with Crippen LogP contribution in [-0.2, 0) is 16.1 Å². The molecule has 3 aliphatic heterocycles. The highest BCUT2D eigenvalue weighted by Crippen LogP contribution is 2.35. The molecule has 2 atom stereocenters. The van der Waals surface area contributed by atoms with E-state index in [4.69, 9.17) is 0 Å². The first kappa shape index (κ1) is 33.1. The van der Waals surface area contributed by atoms with Crippen molar-refractivity contribution in [1.82, 2.24) is 20.0 Å². The Morgan fingerprint density at radius 1 is 1.00 bits per heavy atom. The van der Waals surface area contributed by atoms with Crippen LogP contribution in [0, 0.1) is 5.92 Å². The van der Waals surface area contributed by atoms with E-state index in [2.05, 4.69) is 50.3 Å². The van der Waals surface area contributed by atoms with E-state index in [0.717, 1.165) is 65.2 Å². The minimum atomic E-state index is -0.974. The van der Waals surface area contributed by atoms with Gasteiger partial charge in [-0.3, -0.25) is 24.3 Å². The number of carboxylic acids is 1. The minimum Gasteiger partial charge on any atom is -0.481 e. The van der Waals surface area contributed by atoms with Gasteiger partial charge in [0.25, 0.3) is 0 Å². The third-order valence-electron chi connectivity index (χ3n) is 8.12. The van der Waals surface area contributed by atoms with E-state index in [1.54, 1.807) is 0 Å². The number of halogens is 3. The number of hydrogen-bond acceptors (Lipinski definition) is 6. The monoisotopic (exact) mass is 564 g/mol. The number of likely N-dealkylation sites (tertiary alicyclic amines) is 1. The molecule has 0 spiro atoms. The van der Waals surface area contributed by atoms with Crippen LogP contribution in [0.3, 0.4) is 0 Å². The maximum Gasteiger partial charge on any atom is 0.314 e. The van der Waals surface area contributed by atoms with Crippen LogP contribution in [0.1, 0.15) is 51.0 Å². The van der Waals surface area contributed by atoms with Gasteiger partial charge in [-0.05, 0) is 70.6 Å². The van der Waals surface area contributed by atoms with Gasteiger partial charge >= 0.3 is 5.97 Å². The highest BCUT2D eigenvalue weighted by atomic mass is 35.5. The van der Waals surface area contributed by atoms with Crippen molar-refractivity contribution in [3.63, 3.8) is 0 Å². The fourth-order valence-corrected chi connectivity index (χ4v) is 6.21. The molecule has 7 nitrogen and oxygen atoms in total. The van der Waals surface area contributed by atoms with Crippen LogP contribution in [0.4, 0.5) is 0 Å². The number of nitrogens with one attached hydrogen (secondary N) is 1. The van der Waals surface area contributed by atoms with Crippen LogP contribution < -0.4 is 5.32 Å². The summed E-state index contributed by atoms with van der Waals surface area (Å²) in [5.41, 5.74) is 1.18. The summed E-state index contributed by atoms with van der Waals surface area (Å²) in [6.45, 7) is 9.24. The molecule has 36 heavy (non-hydrogen) atoms. The third-order valence-corrected chi connectivity index (χ3v) is 8.12. The lowest BCUT2D eigenvalue weighted by atomic mass is 9.77. The number of hydrogen-bond donors (Lipinski definition) is 2. The van der Waals surface area contributed by atoms with Crippen molar-refractivity contribution in [3.05, 3.63) is 35.9 Å². The van der Waals surface area contributed by atoms with Crippen LogP contribution >= 0.6 is 37.2 Å². The zero-order valence-corrected chi connectivity index (χ0v) is 23.7. The van der Waals surface area contributed by atoms with Crippen molar-refractivity contribution in [2.75, 3.05) is 45.8 Å². The zero-order chi connectivity index (χ0) is 23.3. The fraction of sp³-hybridized carbons (Fsp3) is 0.692. The van der Waals surface area contributed by atoms with Gasteiger partial charge in [0.05, 0.1) is 6.17 Å². The molecule has 3 saturated heterocycles. The molecule has 2 N–H and O–H groups in total. The van der Waals surface area contributed by atoms with Gasteiger partial charge in [-0.2, -0.15) is 0 Å². The van der Waals surface area contributed by atoms with Gasteiger partial charge in [-0.15, -0.1) is 37.2 Å². The molecule has 3 aliphatic rings. The molecule has 1 aromatic carbocycles. The summed E-state index contributed by atoms with van der Waals surface area (Å²) in [5.74, 6) is -2.10. The number of rotatable bonds is 8. The summed E-state index contributed by atoms with van der Waals surface area (Å²) in [5, 5.41) is 13.1. The van der Waals surface area contributed by atoms with E-state index in [9.17, 15) is 14.7 Å². The number of benzene rings is 1. The maximum absolute atomic E-state index is 12.1. The summed E-state index contributed by atoms with van der Waals surface area (Å²) in [4.78, 5) is 31.7. The van der Waals surface area contributed by atoms with Gasteiger partial charge in [-0.1, -0.05) is 30.3 Å². The number of ketones is 1. The van der Waals surface area contributed by atoms with Gasteiger partial charge in [0.1, 0.15) is 11.7 Å². The zero-order valence-electron chi connectivity index (χ0n) is 21.3. The number of carbonyl (C=O) groups excluding carboxylic acids is 1. The first-order valence-corrected chi connectivity index (χ1v) is 12.7. The number of piperazine rings is 1. The van der Waals surface area contributed by atoms with Gasteiger partial charge in [0.2, 0.25) is 0 Å². The smallest absolute Gasteiger partial charge is 0.314 e. The van der Waals surface area contributed by atoms with Crippen molar-refractivity contribution in [2.45, 2.75) is 63.7 Å². The molecule has 0 aliphatic carbocycles. The highest BCUT2D eigenvalue weighted by Gasteiger charge is 2.44. The number of aliphatic carboxylic acids is 1. The number of piperidine rings is 2. The van der Waals surface area contributed by atoms with E-state index >= 15 is 0 Å². The largest absolute Gasteiger partial charge is 0.481 e. The fourth-order valence-electron chi connectivity index (χ4n) is 6.21. The third kappa shape index (κ3) is 8.03. The van der Waals surface area contributed by atoms with Crippen molar-refractivity contribution < 1.29 is 14.7 Å². The molecule has 4 rings (SSSR count). The summed E-state index contributed by atoms with van der Waals surface area (Å²) >= 11 is 0. The molecule has 206 valence electrons. The number of Topliss-reactive ketones (excluding diaryl/α,β-unsaturated/α-hetero) is 1. The van der Waals surface area contributed by atoms with Gasteiger partial charge in [0, 0.05) is 38.3 Å². The molecule has 3 heterocycles. The normalized spacial score (nSPS) is 23.9. The molecule has 1 aromatic rings. The summed E-state index contributed by atoms with van der Waals surface area (Å²) < 4.78 is 0. The van der Waals surface area contributed by atoms with Crippen LogP contribution in [-0.4, -0.2) is 89.1 Å². The highest BCUT2D eigenvalue weighted by molar-refractivity contribution is 5.96. The quantitative estimate of drug-likeness (QED) is 0.466. The Morgan fingerprint density at radius 3 is 2.22 bits per heavy atom. The Labute approximate surface area is 234 Å². The standard InChI is InChI=1S/C26H40N4O3.3ClH/c1-21(31)23(25(32)33)19-26(10-12-27-13-11-26)30-17-15-28(16-18-30)24-9-5-6-14-29(24)20-22-7-3-2-4-8-22;;;/h2-4,7-8,23-24,27H,5-6,9-20H2,1H3,(H,32,33);3*1H. The molecule has 0 saturated carbocycles. The maximum atomic E-state index is 12.1. The first-order chi connectivity index (χ1) is 16.0. The molecular weight excluding hydrogens is 523 g/mol. The average molecular weight is 566 g/mol. The van der Waals surface area contributed by atoms with E-state index < -0.39 is 11.9 Å². The molecule has 3 fully saturated rings. The molecular formula is C26H43Cl3N4O3. The molecule has 0 radical (unpaired) electrons. The van der Waals surface area contributed by atoms with Crippen molar-refractivity contribution in [3.8, 4) is 0 Å². The predicted octanol–water partition coefficient (Wildman–Crippen LogP) is 3.68. The molecule has 2 unspecified atom stereocenters. The Hall–Kier alpha value is -0.930. The SMILES string of the molecule is CC(=O)C(CC1(N2CCN(C3CCCCN3Cc3ccccc3)CC2)CCNCC1)C(=O)O.Cl.Cl.Cl. The van der Waals surface area contributed by atoms with Crippen molar-refractivity contribution in [1.29, 1.82) is 0 Å². The predicted molar refractivity (Wildman–Crippen MR) is 151 cm³/mol. The average Bonchev–Trinajstić information content (AvgIpc) is 2.84. The number of carbonyl (C=O) groups is 2. The Balaban J connectivity index is 0.00000216. The van der Waals surface area contributed by atoms with Gasteiger partial charge in [0.15, 0.2) is 0 Å². The molecule has 0 aromatic heterocycles. The Bertz CT molecular complexity index is 789. The van der Waals surface area contributed by atoms with Crippen molar-refractivity contribution >= 4 is 49.0 Å². The lowest BCUT2D eigenvalue weighted by molar-refractivity contribution is -0.148. The molecule has 10 heteroatoms. The summed E-state index contributed by atoms with van der Waals surface area (Å²) in [7, 11) is 0. The lowest BCUT2D eigenvalue weighted by Crippen LogP contribution is -2.64. The van der Waals surface area contributed by atoms with Crippen LogP contribution in [0.25, 0.3) is 0 Å². The second-order valence-electron chi connectivity index (χ2n) is 10.1. The second-order valence-corrected chi connectivity index (χ2v) is 10.1. The van der Waals surface area contributed by atoms with Crippen molar-refractivity contribution in [2.24, 2.45) is 5.92 Å². The van der Waals surface area contributed by atoms with E-state index in [0.29, 0.717) is 12.6 Å². The lowest BCUT2D eigenvalue weighted by Gasteiger charge is -2.53. The van der Waals surface area contributed by atoms with Crippen LogP contribution in [0.5, 0.6) is 0 Å². The Morgan fingerprint density at radius 2 is 1.64 bits per heavy atom. The minimum absolute atomic E-state index is 0. The Kier molecular flexibility index (Phi) is 14.2.